The van der Waals surface area contributed by atoms with Gasteiger partial charge in [-0.05, 0) is 61.5 Å². The number of sulfonamides is 1. The van der Waals surface area contributed by atoms with Crippen molar-refractivity contribution in [1.29, 1.82) is 0 Å². The minimum atomic E-state index is -3.70. The molecule has 4 N–H and O–H groups in total. The fraction of sp³-hybridized carbons (Fsp3) is 0.211. The third-order valence-electron chi connectivity index (χ3n) is 4.92. The number of aromatic hydroxyl groups is 1. The number of hydrogen-bond donors (Lipinski definition) is 4. The van der Waals surface area contributed by atoms with Crippen molar-refractivity contribution < 1.29 is 18.3 Å². The van der Waals surface area contributed by atoms with Crippen LogP contribution in [0.4, 0.5) is 5.69 Å². The second-order valence-electron chi connectivity index (χ2n) is 6.91. The second-order valence-corrected chi connectivity index (χ2v) is 9.26. The quantitative estimate of drug-likeness (QED) is 0.359. The van der Waals surface area contributed by atoms with Crippen molar-refractivity contribution in [2.45, 2.75) is 17.7 Å². The van der Waals surface area contributed by atoms with Gasteiger partial charge in [0.1, 0.15) is 5.75 Å². The maximum atomic E-state index is 12.7. The molecular formula is C19H18N4O5S2. The molecule has 1 aliphatic rings. The number of anilines is 1. The number of benzene rings is 2. The van der Waals surface area contributed by atoms with E-state index < -0.39 is 15.9 Å². The summed E-state index contributed by atoms with van der Waals surface area (Å²) < 4.78 is 27.0. The fourth-order valence-corrected chi connectivity index (χ4v) is 5.11. The molecule has 1 aliphatic heterocycles. The van der Waals surface area contributed by atoms with Crippen LogP contribution in [0.25, 0.3) is 10.9 Å². The predicted octanol–water partition coefficient (Wildman–Crippen LogP) is 2.33. The SMILES string of the molecule is O=C(Nc1cc(S(=O)(=O)N2CCCC2)ccc1O)c1ccc2c(=O)[nH]c(=S)[nH]c2c1. The number of hydrogen-bond acceptors (Lipinski definition) is 6. The Morgan fingerprint density at radius 2 is 1.83 bits per heavy atom. The normalized spacial score (nSPS) is 14.8. The molecule has 4 rings (SSSR count). The lowest BCUT2D eigenvalue weighted by Gasteiger charge is -2.16. The average molecular weight is 447 g/mol. The zero-order valence-corrected chi connectivity index (χ0v) is 17.3. The number of fused-ring (bicyclic) bond motifs is 1. The minimum Gasteiger partial charge on any atom is -0.506 e. The Morgan fingerprint density at radius 1 is 1.10 bits per heavy atom. The number of phenolic OH excluding ortho intramolecular Hbond substituents is 1. The number of nitrogens with zero attached hydrogens (tertiary/aromatic N) is 1. The first-order valence-corrected chi connectivity index (χ1v) is 11.0. The van der Waals surface area contributed by atoms with Gasteiger partial charge in [0.05, 0.1) is 21.5 Å². The Labute approximate surface area is 176 Å². The Bertz CT molecular complexity index is 1370. The molecule has 0 spiro atoms. The third kappa shape index (κ3) is 3.74. The molecule has 156 valence electrons. The molecule has 0 radical (unpaired) electrons. The van der Waals surface area contributed by atoms with E-state index in [1.54, 1.807) is 0 Å². The van der Waals surface area contributed by atoms with Gasteiger partial charge in [-0.25, -0.2) is 8.42 Å². The number of aromatic nitrogens is 2. The van der Waals surface area contributed by atoms with E-state index in [0.717, 1.165) is 12.8 Å². The van der Waals surface area contributed by atoms with E-state index >= 15 is 0 Å². The number of rotatable bonds is 4. The number of aromatic amines is 2. The van der Waals surface area contributed by atoms with Crippen LogP contribution < -0.4 is 10.9 Å². The fourth-order valence-electron chi connectivity index (χ4n) is 3.36. The summed E-state index contributed by atoms with van der Waals surface area (Å²) in [4.78, 5) is 29.9. The van der Waals surface area contributed by atoms with Crippen LogP contribution in [0.15, 0.2) is 46.1 Å². The smallest absolute Gasteiger partial charge is 0.259 e. The summed E-state index contributed by atoms with van der Waals surface area (Å²) in [6.45, 7) is 0.894. The summed E-state index contributed by atoms with van der Waals surface area (Å²) in [5, 5.41) is 13.0. The van der Waals surface area contributed by atoms with E-state index in [1.807, 2.05) is 0 Å². The van der Waals surface area contributed by atoms with E-state index in [1.165, 1.54) is 40.7 Å². The molecule has 1 saturated heterocycles. The predicted molar refractivity (Wildman–Crippen MR) is 114 cm³/mol. The first-order valence-electron chi connectivity index (χ1n) is 9.16. The van der Waals surface area contributed by atoms with Crippen molar-refractivity contribution in [3.05, 3.63) is 57.1 Å². The molecule has 30 heavy (non-hydrogen) atoms. The van der Waals surface area contributed by atoms with E-state index in [2.05, 4.69) is 15.3 Å². The molecular weight excluding hydrogens is 428 g/mol. The molecule has 2 heterocycles. The van der Waals surface area contributed by atoms with Gasteiger partial charge in [0.15, 0.2) is 4.77 Å². The van der Waals surface area contributed by atoms with Crippen LogP contribution in [0, 0.1) is 4.77 Å². The third-order valence-corrected chi connectivity index (χ3v) is 7.02. The highest BCUT2D eigenvalue weighted by atomic mass is 32.2. The number of carbonyl (C=O) groups excluding carboxylic acids is 1. The number of carbonyl (C=O) groups is 1. The highest BCUT2D eigenvalue weighted by molar-refractivity contribution is 7.89. The number of H-pyrrole nitrogens is 2. The molecule has 9 nitrogen and oxygen atoms in total. The lowest BCUT2D eigenvalue weighted by molar-refractivity contribution is 0.102. The summed E-state index contributed by atoms with van der Waals surface area (Å²) in [6.07, 6.45) is 1.60. The molecule has 0 aliphatic carbocycles. The molecule has 1 amide bonds. The van der Waals surface area contributed by atoms with E-state index in [9.17, 15) is 23.1 Å². The van der Waals surface area contributed by atoms with Gasteiger partial charge in [0, 0.05) is 18.7 Å². The molecule has 11 heteroatoms. The van der Waals surface area contributed by atoms with Crippen LogP contribution in [-0.4, -0.2) is 46.8 Å². The average Bonchev–Trinajstić information content (AvgIpc) is 3.24. The highest BCUT2D eigenvalue weighted by Gasteiger charge is 2.28. The van der Waals surface area contributed by atoms with Gasteiger partial charge in [-0.15, -0.1) is 0 Å². The van der Waals surface area contributed by atoms with Crippen LogP contribution in [0.1, 0.15) is 23.2 Å². The minimum absolute atomic E-state index is 0.00775. The Morgan fingerprint density at radius 3 is 2.57 bits per heavy atom. The van der Waals surface area contributed by atoms with E-state index in [4.69, 9.17) is 12.2 Å². The maximum absolute atomic E-state index is 12.7. The zero-order valence-electron chi connectivity index (χ0n) is 15.6. The Balaban J connectivity index is 1.65. The largest absolute Gasteiger partial charge is 0.506 e. The van der Waals surface area contributed by atoms with Crippen LogP contribution in [0.3, 0.4) is 0 Å². The molecule has 0 saturated carbocycles. The summed E-state index contributed by atoms with van der Waals surface area (Å²) in [6, 6.07) is 8.16. The van der Waals surface area contributed by atoms with Crippen LogP contribution in [-0.2, 0) is 10.0 Å². The summed E-state index contributed by atoms with van der Waals surface area (Å²) in [5.74, 6) is -0.845. The van der Waals surface area contributed by atoms with Gasteiger partial charge in [0.2, 0.25) is 10.0 Å². The maximum Gasteiger partial charge on any atom is 0.259 e. The van der Waals surface area contributed by atoms with Gasteiger partial charge in [-0.2, -0.15) is 4.31 Å². The van der Waals surface area contributed by atoms with E-state index in [0.29, 0.717) is 24.0 Å². The molecule has 2 aromatic carbocycles. The zero-order chi connectivity index (χ0) is 21.5. The molecule has 0 bridgehead atoms. The van der Waals surface area contributed by atoms with Gasteiger partial charge < -0.3 is 15.4 Å². The molecule has 1 aromatic heterocycles. The van der Waals surface area contributed by atoms with Crippen LogP contribution in [0.2, 0.25) is 0 Å². The lowest BCUT2D eigenvalue weighted by atomic mass is 10.1. The van der Waals surface area contributed by atoms with Gasteiger partial charge in [-0.3, -0.25) is 14.6 Å². The molecule has 0 atom stereocenters. The first kappa shape index (κ1) is 20.3. The van der Waals surface area contributed by atoms with Crippen LogP contribution in [0.5, 0.6) is 5.75 Å². The van der Waals surface area contributed by atoms with Crippen molar-refractivity contribution in [2.75, 3.05) is 18.4 Å². The van der Waals surface area contributed by atoms with Gasteiger partial charge >= 0.3 is 0 Å². The number of amides is 1. The molecule has 1 fully saturated rings. The molecule has 3 aromatic rings. The van der Waals surface area contributed by atoms with Crippen molar-refractivity contribution in [1.82, 2.24) is 14.3 Å². The van der Waals surface area contributed by atoms with Gasteiger partial charge in [-0.1, -0.05) is 0 Å². The monoisotopic (exact) mass is 446 g/mol. The number of nitrogens with one attached hydrogen (secondary N) is 3. The van der Waals surface area contributed by atoms with Crippen molar-refractivity contribution in [3.8, 4) is 5.75 Å². The number of phenols is 1. The van der Waals surface area contributed by atoms with Crippen LogP contribution >= 0.6 is 12.2 Å². The summed E-state index contributed by atoms with van der Waals surface area (Å²) in [7, 11) is -3.70. The lowest BCUT2D eigenvalue weighted by Crippen LogP contribution is -2.28. The second kappa shape index (κ2) is 7.67. The van der Waals surface area contributed by atoms with E-state index in [-0.39, 0.29) is 32.2 Å². The Hall–Kier alpha value is -3.02. The van der Waals surface area contributed by atoms with Crippen molar-refractivity contribution in [2.24, 2.45) is 0 Å². The highest BCUT2D eigenvalue weighted by Crippen LogP contribution is 2.29. The van der Waals surface area contributed by atoms with Crippen molar-refractivity contribution >= 4 is 44.7 Å². The summed E-state index contributed by atoms with van der Waals surface area (Å²) >= 11 is 4.95. The molecule has 0 unspecified atom stereocenters. The first-order chi connectivity index (χ1) is 14.3. The standard InChI is InChI=1S/C19H18N4O5S2/c24-16-6-4-12(30(27,28)23-7-1-2-8-23)10-15(16)20-17(25)11-3-5-13-14(9-11)21-19(29)22-18(13)26/h3-6,9-10,24H,1-2,7-8H2,(H,20,25)(H2,21,22,26,29). The van der Waals surface area contributed by atoms with Gasteiger partial charge in [0.25, 0.3) is 11.5 Å². The van der Waals surface area contributed by atoms with Crippen molar-refractivity contribution in [3.63, 3.8) is 0 Å². The summed E-state index contributed by atoms with van der Waals surface area (Å²) in [5.41, 5.74) is 0.175. The Kier molecular flexibility index (Phi) is 5.18. The topological polar surface area (TPSA) is 135 Å².